The molecule has 332 valence electrons. The van der Waals surface area contributed by atoms with E-state index in [-0.39, 0.29) is 73.6 Å². The Morgan fingerprint density at radius 2 is 1.71 bits per heavy atom. The number of halogens is 3. The lowest BCUT2D eigenvalue weighted by Crippen LogP contribution is -2.49. The Labute approximate surface area is 364 Å². The number of nitrogens with zero attached hydrogens (tertiary/aromatic N) is 6. The van der Waals surface area contributed by atoms with Crippen molar-refractivity contribution in [2.24, 2.45) is 0 Å². The van der Waals surface area contributed by atoms with E-state index in [2.05, 4.69) is 67.9 Å². The van der Waals surface area contributed by atoms with Gasteiger partial charge in [0, 0.05) is 43.2 Å². The number of hydrazine groups is 1. The van der Waals surface area contributed by atoms with Gasteiger partial charge < -0.3 is 19.5 Å². The molecular formula is C46H60BF3N6O5Si. The van der Waals surface area contributed by atoms with Gasteiger partial charge in [-0.2, -0.15) is 9.97 Å². The third-order valence-corrected chi connectivity index (χ3v) is 19.5. The summed E-state index contributed by atoms with van der Waals surface area (Å²) in [5, 5.41) is 24.9. The number of ether oxygens (including phenoxy) is 2. The van der Waals surface area contributed by atoms with E-state index in [1.165, 1.54) is 35.5 Å². The molecule has 3 fully saturated rings. The highest BCUT2D eigenvalue weighted by Crippen LogP contribution is 2.43. The van der Waals surface area contributed by atoms with Gasteiger partial charge in [0.05, 0.1) is 16.5 Å². The van der Waals surface area contributed by atoms with E-state index in [0.717, 1.165) is 25.8 Å². The fraction of sp³-hybridized carbons (Fsp3) is 0.565. The highest BCUT2D eigenvalue weighted by atomic mass is 28.3. The summed E-state index contributed by atoms with van der Waals surface area (Å²) in [5.74, 6) is 1.92. The molecule has 3 aliphatic heterocycles. The topological polar surface area (TPSA) is 124 Å². The van der Waals surface area contributed by atoms with E-state index in [9.17, 15) is 19.2 Å². The van der Waals surface area contributed by atoms with Gasteiger partial charge in [0.15, 0.2) is 11.6 Å². The Bertz CT molecular complexity index is 2380. The minimum atomic E-state index is -2.38. The lowest BCUT2D eigenvalue weighted by atomic mass is 9.77. The van der Waals surface area contributed by atoms with Crippen LogP contribution in [0.25, 0.3) is 32.9 Å². The molecule has 16 heteroatoms. The van der Waals surface area contributed by atoms with E-state index in [0.29, 0.717) is 44.3 Å². The van der Waals surface area contributed by atoms with Gasteiger partial charge in [-0.25, -0.2) is 23.0 Å². The number of anilines is 1. The Morgan fingerprint density at radius 1 is 1.00 bits per heavy atom. The number of benzene rings is 2. The monoisotopic (exact) mass is 872 g/mol. The molecule has 0 unspecified atom stereocenters. The number of amides is 1. The number of rotatable bonds is 9. The first kappa shape index (κ1) is 45.6. The van der Waals surface area contributed by atoms with Gasteiger partial charge >= 0.3 is 19.2 Å². The Morgan fingerprint density at radius 3 is 2.39 bits per heavy atom. The zero-order chi connectivity index (χ0) is 44.9. The summed E-state index contributed by atoms with van der Waals surface area (Å²) in [4.78, 5) is 30.0. The third kappa shape index (κ3) is 8.62. The Kier molecular flexibility index (Phi) is 13.0. The van der Waals surface area contributed by atoms with E-state index in [1.54, 1.807) is 25.8 Å². The fourth-order valence-corrected chi connectivity index (χ4v) is 15.5. The number of pyridine rings is 1. The van der Waals surface area contributed by atoms with Gasteiger partial charge in [0.1, 0.15) is 43.5 Å². The summed E-state index contributed by atoms with van der Waals surface area (Å²) >= 11 is 0. The number of hydrogen-bond donors (Lipinski definition) is 2. The number of fused-ring (bicyclic) bond motifs is 3. The van der Waals surface area contributed by atoms with Crippen LogP contribution in [0.5, 0.6) is 6.01 Å². The van der Waals surface area contributed by atoms with Crippen LogP contribution in [0.4, 0.5) is 23.8 Å². The highest BCUT2D eigenvalue weighted by molar-refractivity contribution is 6.90. The summed E-state index contributed by atoms with van der Waals surface area (Å²) in [6.07, 6.45) is 3.94. The average Bonchev–Trinajstić information content (AvgIpc) is 3.60. The van der Waals surface area contributed by atoms with E-state index >= 15 is 8.78 Å². The van der Waals surface area contributed by atoms with Crippen LogP contribution in [0, 0.1) is 23.1 Å². The number of carbonyl (C=O) groups excluding carboxylic acids is 1. The molecule has 7 rings (SSSR count). The molecule has 2 aromatic carbocycles. The van der Waals surface area contributed by atoms with Crippen LogP contribution >= 0.6 is 0 Å². The summed E-state index contributed by atoms with van der Waals surface area (Å²) in [6, 6.07) is 5.55. The normalized spacial score (nSPS) is 20.0. The van der Waals surface area contributed by atoms with Gasteiger partial charge in [-0.3, -0.25) is 14.9 Å². The molecule has 11 nitrogen and oxygen atoms in total. The van der Waals surface area contributed by atoms with Gasteiger partial charge in [-0.05, 0) is 93.0 Å². The molecule has 3 aliphatic rings. The summed E-state index contributed by atoms with van der Waals surface area (Å²) in [6.45, 7) is 20.1. The third-order valence-electron chi connectivity index (χ3n) is 13.2. The number of alkyl halides is 1. The SMILES string of the molecule is CC(C)[Si](C#Cc1c(F)ccc2cc(B(O)O)cc(-c3ncc4c(N5CCCCCN5C(=O)OC(C)(C)C)nc(OC[C@@]56CCCN5C[C@H](F)C6)nc4c3F)c12)(C(C)C)C(C)C. The van der Waals surface area contributed by atoms with Gasteiger partial charge in [0.2, 0.25) is 0 Å². The molecule has 3 saturated heterocycles. The highest BCUT2D eigenvalue weighted by Gasteiger charge is 2.49. The van der Waals surface area contributed by atoms with Crippen LogP contribution < -0.4 is 15.2 Å². The van der Waals surface area contributed by atoms with E-state index in [1.807, 2.05) is 0 Å². The lowest BCUT2D eigenvalue weighted by molar-refractivity contribution is 0.0232. The second-order valence-electron chi connectivity index (χ2n) is 19.3. The van der Waals surface area contributed by atoms with Crippen LogP contribution in [0.15, 0.2) is 30.5 Å². The van der Waals surface area contributed by atoms with Crippen molar-refractivity contribution in [1.29, 1.82) is 0 Å². The minimum Gasteiger partial charge on any atom is -0.461 e. The van der Waals surface area contributed by atoms with Crippen molar-refractivity contribution in [2.45, 2.75) is 135 Å². The molecule has 5 heterocycles. The second kappa shape index (κ2) is 17.6. The van der Waals surface area contributed by atoms with Crippen molar-refractivity contribution in [1.82, 2.24) is 24.9 Å². The van der Waals surface area contributed by atoms with Gasteiger partial charge in [-0.1, -0.05) is 65.7 Å². The van der Waals surface area contributed by atoms with Crippen molar-refractivity contribution >= 4 is 54.2 Å². The molecule has 0 spiro atoms. The summed E-state index contributed by atoms with van der Waals surface area (Å²) in [7, 11) is -4.31. The first-order valence-electron chi connectivity index (χ1n) is 22.1. The molecule has 2 N–H and O–H groups in total. The molecule has 4 aromatic rings. The zero-order valence-electron chi connectivity index (χ0n) is 37.5. The van der Waals surface area contributed by atoms with E-state index < -0.39 is 50.2 Å². The maximum absolute atomic E-state index is 17.8. The molecule has 0 saturated carbocycles. The van der Waals surface area contributed by atoms with Crippen molar-refractivity contribution in [3.63, 3.8) is 0 Å². The second-order valence-corrected chi connectivity index (χ2v) is 24.9. The van der Waals surface area contributed by atoms with Crippen molar-refractivity contribution < 1.29 is 37.5 Å². The molecule has 2 aromatic heterocycles. The van der Waals surface area contributed by atoms with Crippen molar-refractivity contribution in [2.75, 3.05) is 37.8 Å². The summed E-state index contributed by atoms with van der Waals surface area (Å²) in [5.41, 5.74) is 2.80. The maximum Gasteiger partial charge on any atom is 0.488 e. The molecule has 0 aliphatic carbocycles. The predicted octanol–water partition coefficient (Wildman–Crippen LogP) is 8.47. The molecule has 1 amide bonds. The fourth-order valence-electron chi connectivity index (χ4n) is 10.3. The quantitative estimate of drug-likeness (QED) is 0.125. The van der Waals surface area contributed by atoms with Crippen LogP contribution in [-0.2, 0) is 4.74 Å². The largest absolute Gasteiger partial charge is 0.488 e. The first-order chi connectivity index (χ1) is 29.3. The molecule has 2 atom stereocenters. The van der Waals surface area contributed by atoms with Crippen LogP contribution in [0.2, 0.25) is 16.6 Å². The molecule has 0 radical (unpaired) electrons. The standard InChI is InChI=1S/C46H60BF3N6O5Si/c1-28(2)62(29(3)4,30(5)6)21-16-34-37(49)15-14-31-22-32(47(58)59)23-35(38(31)34)40-39(50)41-36(25-51-40)42(55-19-11-10-12-20-56(55)44(57)61-45(7,8)9)53-43(52-41)60-27-46-17-13-18-54(46)26-33(48)24-46/h14-15,22-23,25,28-30,33,58-59H,10-13,17-20,24,26-27H2,1-9H3/t33-,46+/m1/s1. The van der Waals surface area contributed by atoms with E-state index in [4.69, 9.17) is 14.5 Å². The molecule has 62 heavy (non-hydrogen) atoms. The Balaban J connectivity index is 1.46. The van der Waals surface area contributed by atoms with Gasteiger partial charge in [0.25, 0.3) is 0 Å². The van der Waals surface area contributed by atoms with Gasteiger partial charge in [-0.15, -0.1) is 5.54 Å². The van der Waals surface area contributed by atoms with Crippen molar-refractivity contribution in [3.8, 4) is 28.7 Å². The Hall–Kier alpha value is -4.43. The van der Waals surface area contributed by atoms with Crippen LogP contribution in [0.3, 0.4) is 0 Å². The van der Waals surface area contributed by atoms with Crippen LogP contribution in [-0.4, -0.2) is 106 Å². The first-order valence-corrected chi connectivity index (χ1v) is 24.3. The average molecular weight is 873 g/mol. The zero-order valence-corrected chi connectivity index (χ0v) is 38.5. The van der Waals surface area contributed by atoms with Crippen LogP contribution in [0.1, 0.15) is 106 Å². The summed E-state index contributed by atoms with van der Waals surface area (Å²) < 4.78 is 61.1. The minimum absolute atomic E-state index is 0.0441. The maximum atomic E-state index is 17.8. The smallest absolute Gasteiger partial charge is 0.461 e. The predicted molar refractivity (Wildman–Crippen MR) is 241 cm³/mol. The number of aromatic nitrogens is 3. The lowest BCUT2D eigenvalue weighted by Gasteiger charge is -2.38. The van der Waals surface area contributed by atoms with Crippen molar-refractivity contribution in [3.05, 3.63) is 47.7 Å². The number of carbonyl (C=O) groups is 1. The molecular weight excluding hydrogens is 812 g/mol. The number of hydrogen-bond acceptors (Lipinski definition) is 10. The molecule has 0 bridgehead atoms.